The van der Waals surface area contributed by atoms with Gasteiger partial charge < -0.3 is 0 Å². The average Bonchev–Trinajstić information content (AvgIpc) is 2.94. The van der Waals surface area contributed by atoms with Gasteiger partial charge in [-0.3, -0.25) is 0 Å². The number of hydrogen-bond acceptors (Lipinski definition) is 0. The molecule has 0 saturated heterocycles. The van der Waals surface area contributed by atoms with Crippen LogP contribution in [0.1, 0.15) is 68.2 Å². The molecule has 0 bridgehead atoms. The number of allylic oxidation sites excluding steroid dienone is 8. The van der Waals surface area contributed by atoms with Crippen molar-refractivity contribution in [3.8, 4) is 0 Å². The third-order valence-electron chi connectivity index (χ3n) is 6.58. The summed E-state index contributed by atoms with van der Waals surface area (Å²) in [7, 11) is -1.86. The fourth-order valence-electron chi connectivity index (χ4n) is 5.63. The Bertz CT molecular complexity index is 747. The molecule has 0 unspecified atom stereocenters. The van der Waals surface area contributed by atoms with E-state index in [1.807, 2.05) is 0 Å². The van der Waals surface area contributed by atoms with E-state index in [9.17, 15) is 0 Å². The van der Waals surface area contributed by atoms with Crippen LogP contribution in [0.25, 0.3) is 0 Å². The summed E-state index contributed by atoms with van der Waals surface area (Å²) in [6.45, 7) is 34.6. The normalized spacial score (nSPS) is 20.1. The first-order valence-corrected chi connectivity index (χ1v) is 19.4. The molecule has 0 aromatic heterocycles. The smallest absolute Gasteiger partial charge is 0.0762 e. The summed E-state index contributed by atoms with van der Waals surface area (Å²) < 4.78 is 0. The number of rotatable bonds is 4. The van der Waals surface area contributed by atoms with Gasteiger partial charge in [-0.2, -0.15) is 0 Å². The van der Waals surface area contributed by atoms with E-state index in [0.29, 0.717) is 0 Å². The second-order valence-corrected chi connectivity index (χ2v) is 24.8. The van der Waals surface area contributed by atoms with Crippen molar-refractivity contribution < 1.29 is 0 Å². The molecule has 0 heterocycles. The van der Waals surface area contributed by atoms with E-state index in [0.717, 1.165) is 9.52 Å². The van der Waals surface area contributed by atoms with Gasteiger partial charge in [0.05, 0.1) is 16.1 Å². The standard InChI is InChI=1S/C26H46Si3/c1-17-19(25(3,4)5)15-21(23(17)28(9,10)11)27-22-16-20(26(6,7)8)18(2)24(22)29(12,13)14/h15-16H2,1-14H3. The lowest BCUT2D eigenvalue weighted by Gasteiger charge is -2.25. The van der Waals surface area contributed by atoms with E-state index < -0.39 is 16.1 Å². The zero-order valence-electron chi connectivity index (χ0n) is 21.9. The fourth-order valence-corrected chi connectivity index (χ4v) is 14.3. The summed E-state index contributed by atoms with van der Waals surface area (Å²) in [5, 5.41) is 7.18. The highest BCUT2D eigenvalue weighted by molar-refractivity contribution is 6.87. The lowest BCUT2D eigenvalue weighted by atomic mass is 9.84. The van der Waals surface area contributed by atoms with Gasteiger partial charge in [0.1, 0.15) is 9.52 Å². The highest BCUT2D eigenvalue weighted by Crippen LogP contribution is 2.48. The summed E-state index contributed by atoms with van der Waals surface area (Å²) in [5.41, 5.74) is 7.24. The van der Waals surface area contributed by atoms with E-state index in [1.54, 1.807) is 43.1 Å². The third-order valence-corrected chi connectivity index (χ3v) is 12.9. The molecule has 2 radical (unpaired) electrons. The fraction of sp³-hybridized carbons (Fsp3) is 0.692. The molecule has 0 aromatic rings. The predicted molar refractivity (Wildman–Crippen MR) is 140 cm³/mol. The first kappa shape index (κ1) is 24.9. The predicted octanol–water partition coefficient (Wildman–Crippen LogP) is 8.49. The maximum Gasteiger partial charge on any atom is 0.110 e. The van der Waals surface area contributed by atoms with Crippen molar-refractivity contribution in [1.29, 1.82) is 0 Å². The summed E-state index contributed by atoms with van der Waals surface area (Å²) in [4.78, 5) is 0. The van der Waals surface area contributed by atoms with E-state index in [1.165, 1.54) is 12.8 Å². The molecule has 2 rings (SSSR count). The molecule has 0 spiro atoms. The van der Waals surface area contributed by atoms with Gasteiger partial charge in [0.2, 0.25) is 0 Å². The monoisotopic (exact) mass is 442 g/mol. The van der Waals surface area contributed by atoms with Gasteiger partial charge >= 0.3 is 0 Å². The van der Waals surface area contributed by atoms with Crippen LogP contribution in [-0.2, 0) is 0 Å². The van der Waals surface area contributed by atoms with Crippen molar-refractivity contribution in [2.75, 3.05) is 0 Å². The summed E-state index contributed by atoms with van der Waals surface area (Å²) in [6.07, 6.45) is 2.44. The van der Waals surface area contributed by atoms with Crippen LogP contribution in [0.3, 0.4) is 0 Å². The molecule has 0 nitrogen and oxygen atoms in total. The van der Waals surface area contributed by atoms with E-state index in [-0.39, 0.29) is 10.8 Å². The van der Waals surface area contributed by atoms with Gasteiger partial charge in [0, 0.05) is 0 Å². The van der Waals surface area contributed by atoms with Gasteiger partial charge in [-0.25, -0.2) is 0 Å². The first-order chi connectivity index (χ1) is 12.8. The van der Waals surface area contributed by atoms with Crippen LogP contribution in [0.5, 0.6) is 0 Å². The zero-order valence-corrected chi connectivity index (χ0v) is 24.9. The van der Waals surface area contributed by atoms with Crippen molar-refractivity contribution in [3.63, 3.8) is 0 Å². The Morgan fingerprint density at radius 3 is 1.07 bits per heavy atom. The Labute approximate surface area is 186 Å². The highest BCUT2D eigenvalue weighted by atomic mass is 28.3. The van der Waals surface area contributed by atoms with E-state index in [4.69, 9.17) is 0 Å². The minimum atomic E-state index is -1.38. The van der Waals surface area contributed by atoms with Gasteiger partial charge in [0.15, 0.2) is 0 Å². The largest absolute Gasteiger partial charge is 0.110 e. The molecule has 0 N–H and O–H groups in total. The van der Waals surface area contributed by atoms with Gasteiger partial charge in [-0.05, 0) is 37.5 Å². The molecule has 0 saturated carbocycles. The molecule has 29 heavy (non-hydrogen) atoms. The molecule has 0 fully saturated rings. The van der Waals surface area contributed by atoms with Crippen molar-refractivity contribution in [3.05, 3.63) is 43.1 Å². The maximum absolute atomic E-state index is 2.55. The van der Waals surface area contributed by atoms with Crippen LogP contribution in [0, 0.1) is 10.8 Å². The SMILES string of the molecule is CC1=C(C(C)(C)C)CC([Si]C2=C([Si](C)(C)C)C(C)=C(C(C)(C)C)C2)=C1[Si](C)(C)C. The Morgan fingerprint density at radius 2 is 0.862 bits per heavy atom. The van der Waals surface area contributed by atoms with Crippen LogP contribution in [0.2, 0.25) is 39.3 Å². The van der Waals surface area contributed by atoms with Crippen LogP contribution in [0.4, 0.5) is 0 Å². The molecule has 0 aliphatic heterocycles. The average molecular weight is 443 g/mol. The van der Waals surface area contributed by atoms with Crippen LogP contribution in [-0.4, -0.2) is 25.7 Å². The molecule has 2 aliphatic carbocycles. The maximum atomic E-state index is 2.55. The minimum absolute atomic E-state index is 0.275. The van der Waals surface area contributed by atoms with Crippen molar-refractivity contribution in [2.45, 2.75) is 108 Å². The minimum Gasteiger partial charge on any atom is -0.0762 e. The Kier molecular flexibility index (Phi) is 6.55. The van der Waals surface area contributed by atoms with E-state index in [2.05, 4.69) is 94.7 Å². The summed E-state index contributed by atoms with van der Waals surface area (Å²) in [6, 6.07) is 0. The van der Waals surface area contributed by atoms with Gasteiger partial charge in [-0.15, -0.1) is 0 Å². The second-order valence-electron chi connectivity index (χ2n) is 13.4. The van der Waals surface area contributed by atoms with Gasteiger partial charge in [0.25, 0.3) is 0 Å². The Morgan fingerprint density at radius 1 is 0.586 bits per heavy atom. The lowest BCUT2D eigenvalue weighted by molar-refractivity contribution is 0.491. The van der Waals surface area contributed by atoms with Crippen molar-refractivity contribution in [2.24, 2.45) is 10.8 Å². The van der Waals surface area contributed by atoms with E-state index >= 15 is 0 Å². The third kappa shape index (κ3) is 5.10. The molecular weight excluding hydrogens is 397 g/mol. The van der Waals surface area contributed by atoms with Gasteiger partial charge in [-0.1, -0.05) is 124 Å². The van der Waals surface area contributed by atoms with Crippen molar-refractivity contribution in [1.82, 2.24) is 0 Å². The summed E-state index contributed by atoms with van der Waals surface area (Å²) in [5.74, 6) is 0. The molecular formula is C26H46Si3. The lowest BCUT2D eigenvalue weighted by Crippen LogP contribution is -2.28. The van der Waals surface area contributed by atoms with Crippen LogP contribution in [0.15, 0.2) is 43.1 Å². The molecule has 0 atom stereocenters. The zero-order chi connectivity index (χ0) is 22.7. The highest BCUT2D eigenvalue weighted by Gasteiger charge is 2.38. The Balaban J connectivity index is 2.57. The molecule has 3 heteroatoms. The number of hydrogen-bond donors (Lipinski definition) is 0. The molecule has 0 amide bonds. The second kappa shape index (κ2) is 7.63. The van der Waals surface area contributed by atoms with Crippen LogP contribution < -0.4 is 0 Å². The topological polar surface area (TPSA) is 0 Å². The first-order valence-electron chi connectivity index (χ1n) is 11.4. The molecule has 162 valence electrons. The Hall–Kier alpha value is -0.389. The molecule has 0 aromatic carbocycles. The quantitative estimate of drug-likeness (QED) is 0.383. The van der Waals surface area contributed by atoms with Crippen molar-refractivity contribution >= 4 is 25.7 Å². The molecule has 2 aliphatic rings. The summed E-state index contributed by atoms with van der Waals surface area (Å²) >= 11 is 0. The van der Waals surface area contributed by atoms with Crippen LogP contribution >= 0.6 is 0 Å².